The summed E-state index contributed by atoms with van der Waals surface area (Å²) in [4.78, 5) is 16.4. The van der Waals surface area contributed by atoms with Crippen molar-refractivity contribution >= 4 is 39.7 Å². The Labute approximate surface area is 170 Å². The van der Waals surface area contributed by atoms with Crippen molar-refractivity contribution in [3.63, 3.8) is 0 Å². The minimum absolute atomic E-state index is 0. The van der Waals surface area contributed by atoms with Crippen LogP contribution >= 0.6 is 23.7 Å². The summed E-state index contributed by atoms with van der Waals surface area (Å²) < 4.78 is 7.05. The number of hydrogen-bond donors (Lipinski definition) is 1. The number of ether oxygens (including phenoxy) is 1. The highest BCUT2D eigenvalue weighted by Gasteiger charge is 2.48. The Kier molecular flexibility index (Phi) is 4.90. The molecule has 146 valence electrons. The van der Waals surface area contributed by atoms with Gasteiger partial charge in [-0.3, -0.25) is 9.69 Å². The quantitative estimate of drug-likeness (QED) is 0.810. The molecule has 0 aliphatic carbocycles. The Balaban J connectivity index is 0.00000180. The molecule has 5 heterocycles. The summed E-state index contributed by atoms with van der Waals surface area (Å²) in [5.41, 5.74) is 1.31. The number of piperidine rings is 3. The summed E-state index contributed by atoms with van der Waals surface area (Å²) in [6.07, 6.45) is 4.54. The zero-order chi connectivity index (χ0) is 17.9. The summed E-state index contributed by atoms with van der Waals surface area (Å²) in [6.45, 7) is 7.66. The molecular weight excluding hydrogens is 380 g/mol. The van der Waals surface area contributed by atoms with Crippen molar-refractivity contribution in [3.05, 3.63) is 28.6 Å². The first kappa shape index (κ1) is 19.0. The molecule has 1 unspecified atom stereocenters. The van der Waals surface area contributed by atoms with E-state index in [1.165, 1.54) is 18.4 Å². The largest absolute Gasteiger partial charge is 0.492 e. The third-order valence-electron chi connectivity index (χ3n) is 6.66. The van der Waals surface area contributed by atoms with Gasteiger partial charge in [-0.2, -0.15) is 0 Å². The highest BCUT2D eigenvalue weighted by molar-refractivity contribution is 7.21. The number of rotatable bonds is 2. The zero-order valence-corrected chi connectivity index (χ0v) is 17.5. The van der Waals surface area contributed by atoms with Crippen molar-refractivity contribution in [2.75, 3.05) is 19.7 Å². The molecule has 0 saturated carbocycles. The molecule has 27 heavy (non-hydrogen) atoms. The fourth-order valence-electron chi connectivity index (χ4n) is 5.11. The predicted octanol–water partition coefficient (Wildman–Crippen LogP) is 4.25. The Morgan fingerprint density at radius 3 is 2.81 bits per heavy atom. The number of benzene rings is 1. The molecule has 1 aromatic carbocycles. The van der Waals surface area contributed by atoms with Crippen LogP contribution in [0.25, 0.3) is 10.1 Å². The number of carbonyl (C=O) groups is 1. The monoisotopic (exact) mass is 406 g/mol. The van der Waals surface area contributed by atoms with Crippen LogP contribution in [0.3, 0.4) is 0 Å². The summed E-state index contributed by atoms with van der Waals surface area (Å²) >= 11 is 1.58. The zero-order valence-electron chi connectivity index (χ0n) is 15.9. The van der Waals surface area contributed by atoms with Gasteiger partial charge in [0.2, 0.25) is 0 Å². The van der Waals surface area contributed by atoms with Gasteiger partial charge in [0.1, 0.15) is 5.75 Å². The SMILES string of the molecule is CC1(C)C(NC(=O)c2cc3ccc4c(c3s2)OCCC4)C2CCN1CC2.Cl. The molecule has 2 bridgehead atoms. The van der Waals surface area contributed by atoms with Crippen LogP contribution in [-0.4, -0.2) is 42.1 Å². The Hall–Kier alpha value is -1.30. The molecule has 0 spiro atoms. The van der Waals surface area contributed by atoms with E-state index in [-0.39, 0.29) is 29.9 Å². The van der Waals surface area contributed by atoms with E-state index in [4.69, 9.17) is 4.74 Å². The first-order chi connectivity index (χ1) is 12.5. The van der Waals surface area contributed by atoms with Gasteiger partial charge in [-0.05, 0) is 75.6 Å². The minimum Gasteiger partial charge on any atom is -0.492 e. The predicted molar refractivity (Wildman–Crippen MR) is 113 cm³/mol. The highest BCUT2D eigenvalue weighted by atomic mass is 35.5. The lowest BCUT2D eigenvalue weighted by molar-refractivity contribution is -0.0377. The van der Waals surface area contributed by atoms with Crippen molar-refractivity contribution in [1.29, 1.82) is 0 Å². The molecule has 1 aromatic heterocycles. The molecule has 1 atom stereocenters. The molecular formula is C21H27ClN2O2S. The molecule has 4 nitrogen and oxygen atoms in total. The van der Waals surface area contributed by atoms with Gasteiger partial charge in [0.15, 0.2) is 0 Å². The average Bonchev–Trinajstić information content (AvgIpc) is 3.10. The number of nitrogens with one attached hydrogen (secondary N) is 1. The van der Waals surface area contributed by atoms with Gasteiger partial charge >= 0.3 is 0 Å². The second-order valence-electron chi connectivity index (χ2n) is 8.46. The molecule has 4 aliphatic rings. The van der Waals surface area contributed by atoms with E-state index in [0.29, 0.717) is 5.92 Å². The molecule has 1 amide bonds. The molecule has 1 N–H and O–H groups in total. The van der Waals surface area contributed by atoms with Crippen LogP contribution < -0.4 is 10.1 Å². The van der Waals surface area contributed by atoms with Gasteiger partial charge in [0.25, 0.3) is 5.91 Å². The maximum atomic E-state index is 13.1. The molecule has 6 heteroatoms. The lowest BCUT2D eigenvalue weighted by Crippen LogP contribution is -2.69. The summed E-state index contributed by atoms with van der Waals surface area (Å²) in [5, 5.41) is 4.51. The van der Waals surface area contributed by atoms with Crippen molar-refractivity contribution < 1.29 is 9.53 Å². The lowest BCUT2D eigenvalue weighted by Gasteiger charge is -2.56. The third-order valence-corrected chi connectivity index (χ3v) is 7.81. The first-order valence-electron chi connectivity index (χ1n) is 9.78. The number of fused-ring (bicyclic) bond motifs is 6. The Morgan fingerprint density at radius 1 is 1.30 bits per heavy atom. The van der Waals surface area contributed by atoms with Crippen LogP contribution in [-0.2, 0) is 6.42 Å². The van der Waals surface area contributed by atoms with Gasteiger partial charge < -0.3 is 10.1 Å². The lowest BCUT2D eigenvalue weighted by atomic mass is 9.72. The Morgan fingerprint density at radius 2 is 2.07 bits per heavy atom. The van der Waals surface area contributed by atoms with Crippen molar-refractivity contribution in [2.24, 2.45) is 5.92 Å². The fourth-order valence-corrected chi connectivity index (χ4v) is 6.20. The molecule has 3 saturated heterocycles. The van der Waals surface area contributed by atoms with Crippen LogP contribution in [0.5, 0.6) is 5.75 Å². The van der Waals surface area contributed by atoms with Crippen molar-refractivity contribution in [1.82, 2.24) is 10.2 Å². The van der Waals surface area contributed by atoms with Crippen LogP contribution in [0.15, 0.2) is 18.2 Å². The normalized spacial score (nSPS) is 28.1. The highest BCUT2D eigenvalue weighted by Crippen LogP contribution is 2.41. The van der Waals surface area contributed by atoms with E-state index >= 15 is 0 Å². The van der Waals surface area contributed by atoms with Crippen LogP contribution in [0.4, 0.5) is 0 Å². The maximum absolute atomic E-state index is 13.1. The van der Waals surface area contributed by atoms with Crippen LogP contribution in [0.2, 0.25) is 0 Å². The molecule has 2 aromatic rings. The number of halogens is 1. The summed E-state index contributed by atoms with van der Waals surface area (Å²) in [7, 11) is 0. The van der Waals surface area contributed by atoms with E-state index in [1.54, 1.807) is 11.3 Å². The topological polar surface area (TPSA) is 41.6 Å². The first-order valence-corrected chi connectivity index (χ1v) is 10.6. The fraction of sp³-hybridized carbons (Fsp3) is 0.571. The smallest absolute Gasteiger partial charge is 0.261 e. The van der Waals surface area contributed by atoms with Crippen molar-refractivity contribution in [3.8, 4) is 5.75 Å². The van der Waals surface area contributed by atoms with E-state index in [2.05, 4.69) is 36.2 Å². The molecule has 0 radical (unpaired) electrons. The number of carbonyl (C=O) groups excluding carboxylic acids is 1. The third kappa shape index (κ3) is 3.04. The minimum atomic E-state index is 0. The molecule has 3 fully saturated rings. The van der Waals surface area contributed by atoms with Crippen molar-refractivity contribution in [2.45, 2.75) is 51.1 Å². The van der Waals surface area contributed by atoms with Gasteiger partial charge in [0, 0.05) is 11.6 Å². The maximum Gasteiger partial charge on any atom is 0.261 e. The molecule has 6 rings (SSSR count). The number of thiophene rings is 1. The van der Waals surface area contributed by atoms with Gasteiger partial charge in [0.05, 0.1) is 16.2 Å². The van der Waals surface area contributed by atoms with Gasteiger partial charge in [-0.1, -0.05) is 12.1 Å². The Bertz CT molecular complexity index is 870. The van der Waals surface area contributed by atoms with Gasteiger partial charge in [-0.15, -0.1) is 23.7 Å². The molecule has 4 aliphatic heterocycles. The number of hydrogen-bond acceptors (Lipinski definition) is 4. The number of amides is 1. The standard InChI is InChI=1S/C21H26N2O2S.ClH/c1-21(2)19(14-7-9-23(21)10-8-14)22-20(24)16-12-15-6-5-13-4-3-11-25-17(13)18(15)26-16;/h5-6,12,14,19H,3-4,7-11H2,1-2H3,(H,22,24);1H. The van der Waals surface area contributed by atoms with Crippen LogP contribution in [0.1, 0.15) is 48.3 Å². The number of nitrogens with zero attached hydrogens (tertiary/aromatic N) is 1. The summed E-state index contributed by atoms with van der Waals surface area (Å²) in [6, 6.07) is 6.55. The average molecular weight is 407 g/mol. The number of aryl methyl sites for hydroxylation is 1. The van der Waals surface area contributed by atoms with E-state index < -0.39 is 0 Å². The van der Waals surface area contributed by atoms with E-state index in [0.717, 1.165) is 53.3 Å². The second kappa shape index (κ2) is 6.94. The van der Waals surface area contributed by atoms with E-state index in [9.17, 15) is 4.79 Å². The second-order valence-corrected chi connectivity index (χ2v) is 9.52. The summed E-state index contributed by atoms with van der Waals surface area (Å²) in [5.74, 6) is 1.67. The van der Waals surface area contributed by atoms with Gasteiger partial charge in [-0.25, -0.2) is 0 Å². The van der Waals surface area contributed by atoms with E-state index in [1.807, 2.05) is 6.07 Å². The van der Waals surface area contributed by atoms with Crippen LogP contribution in [0, 0.1) is 5.92 Å².